The number of fused-ring (bicyclic) bond motifs is 1. The number of halogens is 1. The summed E-state index contributed by atoms with van der Waals surface area (Å²) in [6, 6.07) is 4.22. The first kappa shape index (κ1) is 17.5. The fourth-order valence-corrected chi connectivity index (χ4v) is 2.72. The molecule has 142 valence electrons. The van der Waals surface area contributed by atoms with E-state index in [-0.39, 0.29) is 23.2 Å². The molecule has 28 heavy (non-hydrogen) atoms. The zero-order valence-electron chi connectivity index (χ0n) is 14.9. The predicted octanol–water partition coefficient (Wildman–Crippen LogP) is 2.25. The van der Waals surface area contributed by atoms with E-state index in [0.29, 0.717) is 17.2 Å². The average molecular weight is 382 g/mol. The highest BCUT2D eigenvalue weighted by Gasteiger charge is 2.21. The van der Waals surface area contributed by atoms with Gasteiger partial charge in [-0.3, -0.25) is 14.6 Å². The molecule has 3 N–H and O–H groups in total. The summed E-state index contributed by atoms with van der Waals surface area (Å²) in [5, 5.41) is 19.5. The highest BCUT2D eigenvalue weighted by Crippen LogP contribution is 2.22. The molecule has 0 spiro atoms. The molecule has 0 saturated heterocycles. The average Bonchev–Trinajstić information content (AvgIpc) is 3.27. The molecule has 0 saturated carbocycles. The van der Waals surface area contributed by atoms with E-state index in [0.717, 1.165) is 11.9 Å². The summed E-state index contributed by atoms with van der Waals surface area (Å²) in [6.07, 6.45) is 2.55. The van der Waals surface area contributed by atoms with E-state index in [2.05, 4.69) is 35.5 Å². The first-order valence-corrected chi connectivity index (χ1v) is 8.31. The van der Waals surface area contributed by atoms with Gasteiger partial charge in [0.1, 0.15) is 17.7 Å². The number of carboxylic acid groups (broad SMARTS) is 1. The first-order chi connectivity index (χ1) is 13.4. The van der Waals surface area contributed by atoms with Crippen molar-refractivity contribution in [3.63, 3.8) is 0 Å². The van der Waals surface area contributed by atoms with Crippen LogP contribution in [0.5, 0.6) is 0 Å². The Morgan fingerprint density at radius 3 is 2.79 bits per heavy atom. The Kier molecular flexibility index (Phi) is 4.18. The highest BCUT2D eigenvalue weighted by atomic mass is 19.1. The van der Waals surface area contributed by atoms with Gasteiger partial charge >= 0.3 is 5.97 Å². The Balaban J connectivity index is 1.77. The number of aromatic carboxylic acids is 1. The van der Waals surface area contributed by atoms with E-state index in [1.165, 1.54) is 18.5 Å². The Morgan fingerprint density at radius 1 is 1.32 bits per heavy atom. The normalized spacial score (nSPS) is 12.2. The van der Waals surface area contributed by atoms with Crippen LogP contribution in [0, 0.1) is 12.7 Å². The van der Waals surface area contributed by atoms with E-state index in [1.54, 1.807) is 17.6 Å². The van der Waals surface area contributed by atoms with Gasteiger partial charge in [0.15, 0.2) is 17.2 Å². The van der Waals surface area contributed by atoms with Gasteiger partial charge in [-0.2, -0.15) is 10.1 Å². The molecule has 0 amide bonds. The third kappa shape index (κ3) is 3.13. The monoisotopic (exact) mass is 382 g/mol. The molecule has 0 aliphatic heterocycles. The predicted molar refractivity (Wildman–Crippen MR) is 96.7 cm³/mol. The number of imidazole rings is 1. The lowest BCUT2D eigenvalue weighted by atomic mass is 10.2. The van der Waals surface area contributed by atoms with Crippen molar-refractivity contribution in [1.82, 2.24) is 34.7 Å². The van der Waals surface area contributed by atoms with Crippen molar-refractivity contribution < 1.29 is 14.3 Å². The Morgan fingerprint density at radius 2 is 2.14 bits per heavy atom. The number of pyridine rings is 1. The minimum Gasteiger partial charge on any atom is -0.476 e. The van der Waals surface area contributed by atoms with Gasteiger partial charge in [0.25, 0.3) is 0 Å². The lowest BCUT2D eigenvalue weighted by molar-refractivity contribution is 0.0692. The van der Waals surface area contributed by atoms with Crippen LogP contribution in [0.4, 0.5) is 10.3 Å². The van der Waals surface area contributed by atoms with E-state index >= 15 is 0 Å². The SMILES string of the molecule is Cc1cc(-n2cnc3c(C(=O)O)nc(NC(C)c4ccc(F)cn4)nc32)n[nH]1. The zero-order chi connectivity index (χ0) is 19.8. The number of nitrogens with one attached hydrogen (secondary N) is 2. The van der Waals surface area contributed by atoms with Gasteiger partial charge in [-0.15, -0.1) is 0 Å². The van der Waals surface area contributed by atoms with Crippen LogP contribution < -0.4 is 5.32 Å². The van der Waals surface area contributed by atoms with Crippen LogP contribution in [0.1, 0.15) is 34.8 Å². The number of nitrogens with zero attached hydrogens (tertiary/aromatic N) is 6. The molecule has 11 heteroatoms. The molecular weight excluding hydrogens is 367 g/mol. The van der Waals surface area contributed by atoms with Gasteiger partial charge in [-0.1, -0.05) is 0 Å². The molecule has 10 nitrogen and oxygen atoms in total. The maximum atomic E-state index is 13.1. The number of hydrogen-bond acceptors (Lipinski definition) is 7. The van der Waals surface area contributed by atoms with E-state index < -0.39 is 11.8 Å². The number of hydrogen-bond donors (Lipinski definition) is 3. The fraction of sp³-hybridized carbons (Fsp3) is 0.176. The molecule has 0 fully saturated rings. The quantitative estimate of drug-likeness (QED) is 0.478. The van der Waals surface area contributed by atoms with Crippen LogP contribution in [0.25, 0.3) is 17.0 Å². The molecule has 1 atom stereocenters. The van der Waals surface area contributed by atoms with Gasteiger partial charge in [0, 0.05) is 11.8 Å². The van der Waals surface area contributed by atoms with Crippen LogP contribution in [0.2, 0.25) is 0 Å². The highest BCUT2D eigenvalue weighted by molar-refractivity contribution is 5.98. The molecule has 4 heterocycles. The molecule has 4 aromatic heterocycles. The number of aryl methyl sites for hydroxylation is 1. The lowest BCUT2D eigenvalue weighted by Gasteiger charge is -2.13. The van der Waals surface area contributed by atoms with Crippen molar-refractivity contribution in [3.05, 3.63) is 53.6 Å². The summed E-state index contributed by atoms with van der Waals surface area (Å²) in [7, 11) is 0. The summed E-state index contributed by atoms with van der Waals surface area (Å²) < 4.78 is 14.6. The van der Waals surface area contributed by atoms with Crippen molar-refractivity contribution in [2.75, 3.05) is 5.32 Å². The van der Waals surface area contributed by atoms with Gasteiger partial charge < -0.3 is 10.4 Å². The van der Waals surface area contributed by atoms with Gasteiger partial charge in [0.05, 0.1) is 17.9 Å². The standard InChI is InChI=1S/C17H15FN8O2/c1-8-5-12(25-24-8)26-7-20-13-14(16(27)28)22-17(23-15(13)26)21-9(2)11-4-3-10(18)6-19-11/h3-7,9H,1-2H3,(H,24,25)(H,27,28)(H,21,22,23). The summed E-state index contributed by atoms with van der Waals surface area (Å²) in [6.45, 7) is 3.63. The zero-order valence-corrected chi connectivity index (χ0v) is 14.9. The van der Waals surface area contributed by atoms with Gasteiger partial charge in [-0.05, 0) is 26.0 Å². The minimum absolute atomic E-state index is 0.0810. The smallest absolute Gasteiger partial charge is 0.357 e. The number of carbonyl (C=O) groups is 1. The van der Waals surface area contributed by atoms with Gasteiger partial charge in [-0.25, -0.2) is 19.2 Å². The molecule has 0 aromatic carbocycles. The summed E-state index contributed by atoms with van der Waals surface area (Å²) >= 11 is 0. The van der Waals surface area contributed by atoms with Crippen LogP contribution in [-0.2, 0) is 0 Å². The Hall–Kier alpha value is -3.89. The summed E-state index contributed by atoms with van der Waals surface area (Å²) in [5.74, 6) is -1.07. The van der Waals surface area contributed by atoms with E-state index in [9.17, 15) is 14.3 Å². The second-order valence-electron chi connectivity index (χ2n) is 6.16. The van der Waals surface area contributed by atoms with E-state index in [1.807, 2.05) is 6.92 Å². The number of carboxylic acids is 1. The maximum Gasteiger partial charge on any atom is 0.357 e. The first-order valence-electron chi connectivity index (χ1n) is 8.31. The van der Waals surface area contributed by atoms with Crippen molar-refractivity contribution in [1.29, 1.82) is 0 Å². The maximum absolute atomic E-state index is 13.1. The molecule has 0 radical (unpaired) electrons. The molecule has 0 aliphatic rings. The summed E-state index contributed by atoms with van der Waals surface area (Å²) in [5.41, 5.74) is 1.59. The molecule has 1 unspecified atom stereocenters. The molecule has 4 rings (SSSR count). The number of rotatable bonds is 5. The largest absolute Gasteiger partial charge is 0.476 e. The second kappa shape index (κ2) is 6.68. The third-order valence-corrected chi connectivity index (χ3v) is 4.08. The van der Waals surface area contributed by atoms with E-state index in [4.69, 9.17) is 0 Å². The molecule has 0 aliphatic carbocycles. The number of aromatic nitrogens is 7. The van der Waals surface area contributed by atoms with Crippen LogP contribution >= 0.6 is 0 Å². The minimum atomic E-state index is -1.23. The second-order valence-corrected chi connectivity index (χ2v) is 6.16. The Bertz CT molecular complexity index is 1170. The molecular formula is C17H15FN8O2. The van der Waals surface area contributed by atoms with Crippen LogP contribution in [-0.4, -0.2) is 45.8 Å². The van der Waals surface area contributed by atoms with Crippen molar-refractivity contribution >= 4 is 23.1 Å². The Labute approximate surface area is 157 Å². The lowest BCUT2D eigenvalue weighted by Crippen LogP contribution is -2.14. The number of anilines is 1. The van der Waals surface area contributed by atoms with Crippen molar-refractivity contribution in [2.24, 2.45) is 0 Å². The third-order valence-electron chi connectivity index (χ3n) is 4.08. The van der Waals surface area contributed by atoms with Crippen LogP contribution in [0.3, 0.4) is 0 Å². The number of aromatic amines is 1. The van der Waals surface area contributed by atoms with Crippen molar-refractivity contribution in [2.45, 2.75) is 19.9 Å². The van der Waals surface area contributed by atoms with Gasteiger partial charge in [0.2, 0.25) is 5.95 Å². The molecule has 4 aromatic rings. The topological polar surface area (TPSA) is 134 Å². The van der Waals surface area contributed by atoms with Crippen LogP contribution in [0.15, 0.2) is 30.7 Å². The number of H-pyrrole nitrogens is 1. The fourth-order valence-electron chi connectivity index (χ4n) is 2.72. The van der Waals surface area contributed by atoms with Crippen molar-refractivity contribution in [3.8, 4) is 5.82 Å². The summed E-state index contributed by atoms with van der Waals surface area (Å²) in [4.78, 5) is 28.3. The molecule has 0 bridgehead atoms.